The maximum atomic E-state index is 13.9. The fourth-order valence-corrected chi connectivity index (χ4v) is 7.08. The summed E-state index contributed by atoms with van der Waals surface area (Å²) in [5.41, 5.74) is 0.230. The number of para-hydroxylation sites is 1. The third-order valence-electron chi connectivity index (χ3n) is 8.99. The van der Waals surface area contributed by atoms with Crippen LogP contribution in [0.1, 0.15) is 34.1 Å². The van der Waals surface area contributed by atoms with Crippen molar-refractivity contribution < 1.29 is 24.2 Å². The second-order valence-corrected chi connectivity index (χ2v) is 11.0. The molecule has 0 radical (unpaired) electrons. The number of hydrogen-bond donors (Lipinski definition) is 3. The molecule has 3 unspecified atom stereocenters. The maximum absolute atomic E-state index is 13.9. The number of amides is 3. The summed E-state index contributed by atoms with van der Waals surface area (Å²) in [5, 5.41) is 15.8. The second-order valence-electron chi connectivity index (χ2n) is 11.0. The predicted molar refractivity (Wildman–Crippen MR) is 149 cm³/mol. The van der Waals surface area contributed by atoms with Crippen molar-refractivity contribution in [1.29, 1.82) is 0 Å². The van der Waals surface area contributed by atoms with Crippen molar-refractivity contribution in [3.05, 3.63) is 54.6 Å². The first-order valence-corrected chi connectivity index (χ1v) is 13.8. The first-order chi connectivity index (χ1) is 18.7. The molecule has 3 saturated heterocycles. The largest absolute Gasteiger partial charge is 0.395 e. The van der Waals surface area contributed by atoms with Crippen LogP contribution in [0.5, 0.6) is 0 Å². The van der Waals surface area contributed by atoms with E-state index < -0.39 is 29.1 Å². The zero-order valence-electron chi connectivity index (χ0n) is 23.0. The summed E-state index contributed by atoms with van der Waals surface area (Å²) in [5.74, 6) is -2.67. The number of likely N-dealkylation sites (tertiary alicyclic amines) is 1. The van der Waals surface area contributed by atoms with Crippen LogP contribution < -0.4 is 15.5 Å². The van der Waals surface area contributed by atoms with Gasteiger partial charge in [-0.1, -0.05) is 25.1 Å². The lowest BCUT2D eigenvalue weighted by molar-refractivity contribution is -0.144. The lowest BCUT2D eigenvalue weighted by atomic mass is 9.62. The molecule has 208 valence electrons. The molecule has 3 aliphatic rings. The molecule has 39 heavy (non-hydrogen) atoms. The molecule has 2 bridgehead atoms. The Labute approximate surface area is 229 Å². The van der Waals surface area contributed by atoms with Crippen LogP contribution in [-0.2, 0) is 19.1 Å². The Balaban J connectivity index is 1.46. The van der Waals surface area contributed by atoms with E-state index in [2.05, 4.69) is 29.4 Å². The first kappa shape index (κ1) is 27.1. The van der Waals surface area contributed by atoms with Crippen LogP contribution in [0, 0.1) is 17.8 Å². The molecule has 3 fully saturated rings. The van der Waals surface area contributed by atoms with Gasteiger partial charge in [-0.2, -0.15) is 0 Å². The predicted octanol–water partition coefficient (Wildman–Crippen LogP) is 3.11. The number of fused-ring (bicyclic) bond motifs is 1. The van der Waals surface area contributed by atoms with Gasteiger partial charge in [-0.15, -0.1) is 0 Å². The van der Waals surface area contributed by atoms with Gasteiger partial charge in [-0.05, 0) is 69.5 Å². The van der Waals surface area contributed by atoms with Crippen molar-refractivity contribution in [3.63, 3.8) is 0 Å². The highest BCUT2D eigenvalue weighted by atomic mass is 16.5. The molecule has 3 aliphatic heterocycles. The summed E-state index contributed by atoms with van der Waals surface area (Å²) >= 11 is 0. The number of rotatable bonds is 9. The lowest BCUT2D eigenvalue weighted by Gasteiger charge is -2.36. The number of benzene rings is 2. The number of aliphatic hydroxyl groups is 1. The summed E-state index contributed by atoms with van der Waals surface area (Å²) in [7, 11) is 0. The van der Waals surface area contributed by atoms with Crippen molar-refractivity contribution in [2.24, 2.45) is 17.8 Å². The zero-order chi connectivity index (χ0) is 27.9. The van der Waals surface area contributed by atoms with Gasteiger partial charge >= 0.3 is 0 Å². The van der Waals surface area contributed by atoms with Crippen molar-refractivity contribution in [3.8, 4) is 0 Å². The molecule has 5 rings (SSSR count). The summed E-state index contributed by atoms with van der Waals surface area (Å²) in [4.78, 5) is 45.1. The van der Waals surface area contributed by atoms with Gasteiger partial charge in [-0.25, -0.2) is 0 Å². The van der Waals surface area contributed by atoms with E-state index in [-0.39, 0.29) is 36.8 Å². The molecule has 0 saturated carbocycles. The van der Waals surface area contributed by atoms with Gasteiger partial charge in [0.05, 0.1) is 24.0 Å². The highest BCUT2D eigenvalue weighted by Crippen LogP contribution is 2.65. The lowest BCUT2D eigenvalue weighted by Crippen LogP contribution is -2.54. The molecule has 1 spiro atoms. The molecule has 3 N–H and O–H groups in total. The number of aliphatic hydroxyl groups excluding tert-OH is 1. The highest BCUT2D eigenvalue weighted by Gasteiger charge is 2.79. The normalized spacial score (nSPS) is 30.8. The van der Waals surface area contributed by atoms with Crippen molar-refractivity contribution in [1.82, 2.24) is 4.90 Å². The van der Waals surface area contributed by atoms with Gasteiger partial charge in [0, 0.05) is 36.7 Å². The topological polar surface area (TPSA) is 111 Å². The number of carbonyl (C=O) groups is 3. The molecule has 2 aromatic rings. The number of carbonyl (C=O) groups excluding carboxylic acids is 3. The van der Waals surface area contributed by atoms with Crippen molar-refractivity contribution >= 4 is 34.8 Å². The van der Waals surface area contributed by atoms with E-state index in [0.29, 0.717) is 17.8 Å². The average Bonchev–Trinajstić information content (AvgIpc) is 3.43. The molecule has 0 aliphatic carbocycles. The summed E-state index contributed by atoms with van der Waals surface area (Å²) in [6.07, 6.45) is 0.468. The van der Waals surface area contributed by atoms with Gasteiger partial charge in [0.25, 0.3) is 0 Å². The molecule has 3 amide bonds. The Morgan fingerprint density at radius 2 is 1.64 bits per heavy atom. The van der Waals surface area contributed by atoms with Crippen LogP contribution in [0.15, 0.2) is 54.6 Å². The third-order valence-corrected chi connectivity index (χ3v) is 8.99. The van der Waals surface area contributed by atoms with Crippen LogP contribution in [0.2, 0.25) is 0 Å². The molecular formula is C30H38N4O5. The minimum Gasteiger partial charge on any atom is -0.395 e. The summed E-state index contributed by atoms with van der Waals surface area (Å²) < 4.78 is 6.68. The van der Waals surface area contributed by atoms with Crippen molar-refractivity contribution in [2.45, 2.75) is 51.4 Å². The van der Waals surface area contributed by atoms with Gasteiger partial charge < -0.3 is 30.3 Å². The number of hydrogen-bond acceptors (Lipinski definition) is 6. The van der Waals surface area contributed by atoms with E-state index in [1.807, 2.05) is 56.3 Å². The standard InChI is InChI=1S/C30H38N4O5/c1-5-33(6-2)22-14-12-21(13-15-22)32-27(37)25-30-18-19(3)29(4,39-30)23(24(30)28(38)34(25)16-17-35)26(36)31-20-10-8-7-9-11-20/h7-15,19,23-25,35H,5-6,16-18H2,1-4H3,(H,31,36)(H,32,37)/t19?,23-,24-,25?,29+,30?/m0/s1. The van der Waals surface area contributed by atoms with E-state index >= 15 is 0 Å². The Morgan fingerprint density at radius 1 is 1.03 bits per heavy atom. The van der Waals surface area contributed by atoms with E-state index in [9.17, 15) is 19.5 Å². The third kappa shape index (κ3) is 4.28. The number of nitrogens with zero attached hydrogens (tertiary/aromatic N) is 2. The van der Waals surface area contributed by atoms with Gasteiger partial charge in [0.1, 0.15) is 11.6 Å². The van der Waals surface area contributed by atoms with Crippen LogP contribution in [0.25, 0.3) is 0 Å². The minimum atomic E-state index is -1.16. The first-order valence-electron chi connectivity index (χ1n) is 13.8. The number of anilines is 3. The number of ether oxygens (including phenoxy) is 1. The van der Waals surface area contributed by atoms with Crippen LogP contribution in [0.4, 0.5) is 17.1 Å². The van der Waals surface area contributed by atoms with Gasteiger partial charge in [-0.3, -0.25) is 14.4 Å². The Kier molecular flexibility index (Phi) is 7.15. The molecule has 2 aromatic carbocycles. The minimum absolute atomic E-state index is 0.0163. The fraction of sp³-hybridized carbons (Fsp3) is 0.500. The monoisotopic (exact) mass is 534 g/mol. The summed E-state index contributed by atoms with van der Waals surface area (Å²) in [6, 6.07) is 15.8. The quantitative estimate of drug-likeness (QED) is 0.456. The fourth-order valence-electron chi connectivity index (χ4n) is 7.08. The second kappa shape index (κ2) is 10.3. The Morgan fingerprint density at radius 3 is 2.26 bits per heavy atom. The van der Waals surface area contributed by atoms with E-state index in [1.54, 1.807) is 12.1 Å². The smallest absolute Gasteiger partial charge is 0.250 e. The average molecular weight is 535 g/mol. The molecule has 9 heteroatoms. The van der Waals surface area contributed by atoms with Gasteiger partial charge in [0.15, 0.2) is 0 Å². The molecule has 6 atom stereocenters. The summed E-state index contributed by atoms with van der Waals surface area (Å²) in [6.45, 7) is 9.50. The molecule has 3 heterocycles. The Hall–Kier alpha value is -3.43. The van der Waals surface area contributed by atoms with Crippen molar-refractivity contribution in [2.75, 3.05) is 41.8 Å². The van der Waals surface area contributed by atoms with E-state index in [0.717, 1.165) is 18.8 Å². The number of β-amino-alcohol motifs (C(OH)–C–C–N with tert-alkyl or cyclic N) is 1. The van der Waals surface area contributed by atoms with Crippen LogP contribution in [-0.4, -0.2) is 71.2 Å². The molecule has 9 nitrogen and oxygen atoms in total. The molecule has 0 aromatic heterocycles. The molecular weight excluding hydrogens is 496 g/mol. The SMILES string of the molecule is CCN(CC)c1ccc(NC(=O)C2N(CCO)C(=O)[C@@H]3[C@@H](C(=O)Nc4ccccc4)[C@]4(C)OC23CC4C)cc1. The van der Waals surface area contributed by atoms with E-state index in [4.69, 9.17) is 4.74 Å². The van der Waals surface area contributed by atoms with Gasteiger partial charge in [0.2, 0.25) is 17.7 Å². The highest BCUT2D eigenvalue weighted by molar-refractivity contribution is 6.05. The number of nitrogens with one attached hydrogen (secondary N) is 2. The van der Waals surface area contributed by atoms with Crippen LogP contribution >= 0.6 is 0 Å². The Bertz CT molecular complexity index is 1230. The maximum Gasteiger partial charge on any atom is 0.250 e. The van der Waals surface area contributed by atoms with E-state index in [1.165, 1.54) is 4.90 Å². The van der Waals surface area contributed by atoms with Crippen LogP contribution in [0.3, 0.4) is 0 Å². The zero-order valence-corrected chi connectivity index (χ0v) is 23.0.